The lowest BCUT2D eigenvalue weighted by Crippen LogP contribution is -2.42. The minimum absolute atomic E-state index is 0.0980. The van der Waals surface area contributed by atoms with Crippen molar-refractivity contribution in [2.24, 2.45) is 0 Å². The number of nitrogens with zero attached hydrogens (tertiary/aromatic N) is 1. The maximum absolute atomic E-state index is 14.8. The number of likely N-dealkylation sites (tertiary alicyclic amines) is 1. The van der Waals surface area contributed by atoms with Crippen LogP contribution < -0.4 is 9.47 Å². The van der Waals surface area contributed by atoms with Crippen molar-refractivity contribution in [2.45, 2.75) is 24.0 Å². The van der Waals surface area contributed by atoms with Gasteiger partial charge in [-0.1, -0.05) is 23.1 Å². The Morgan fingerprint density at radius 3 is 2.39 bits per heavy atom. The van der Waals surface area contributed by atoms with Gasteiger partial charge >= 0.3 is 5.79 Å². The van der Waals surface area contributed by atoms with Gasteiger partial charge in [-0.15, -0.1) is 11.6 Å². The monoisotopic (exact) mass is 461 g/mol. The molecule has 0 bridgehead atoms. The molecule has 0 spiro atoms. The number of ether oxygens (including phenoxy) is 2. The van der Waals surface area contributed by atoms with E-state index in [1.54, 1.807) is 4.90 Å². The Hall–Kier alpha value is -2.75. The van der Waals surface area contributed by atoms with E-state index >= 15 is 0 Å². The van der Waals surface area contributed by atoms with Gasteiger partial charge in [-0.05, 0) is 36.8 Å². The fourth-order valence-electron chi connectivity index (χ4n) is 3.74. The number of rotatable bonds is 3. The lowest BCUT2D eigenvalue weighted by Gasteiger charge is -2.32. The van der Waals surface area contributed by atoms with Crippen LogP contribution in [0.5, 0.6) is 11.5 Å². The molecule has 4 nitrogen and oxygen atoms in total. The largest absolute Gasteiger partial charge is 0.440 e. The van der Waals surface area contributed by atoms with Gasteiger partial charge < -0.3 is 14.4 Å². The van der Waals surface area contributed by atoms with Crippen LogP contribution in [0.3, 0.4) is 0 Å². The van der Waals surface area contributed by atoms with Crippen molar-refractivity contribution >= 4 is 29.1 Å². The number of alkyl halides is 1. The van der Waals surface area contributed by atoms with E-state index in [1.165, 1.54) is 30.3 Å². The highest BCUT2D eigenvalue weighted by molar-refractivity contribution is 6.31. The normalized spacial score (nSPS) is 23.9. The predicted molar refractivity (Wildman–Crippen MR) is 110 cm³/mol. The van der Waals surface area contributed by atoms with Crippen LogP contribution in [0.2, 0.25) is 0 Å². The molecule has 0 aromatic heterocycles. The molecule has 2 heterocycles. The van der Waals surface area contributed by atoms with E-state index in [0.717, 1.165) is 12.5 Å². The Morgan fingerprint density at radius 1 is 1.10 bits per heavy atom. The molecule has 1 fully saturated rings. The first-order valence-electron chi connectivity index (χ1n) is 9.69. The maximum Gasteiger partial charge on any atom is 0.311 e. The van der Waals surface area contributed by atoms with Crippen LogP contribution >= 0.6 is 23.2 Å². The number of benzene rings is 2. The third kappa shape index (κ3) is 3.33. The second-order valence-corrected chi connectivity index (χ2v) is 8.48. The lowest BCUT2D eigenvalue weighted by atomic mass is 9.92. The highest BCUT2D eigenvalue weighted by atomic mass is 35.5. The molecule has 8 heteroatoms. The molecule has 3 aliphatic rings. The van der Waals surface area contributed by atoms with Crippen molar-refractivity contribution in [2.75, 3.05) is 13.1 Å². The van der Waals surface area contributed by atoms with Crippen molar-refractivity contribution in [3.8, 4) is 11.5 Å². The average Bonchev–Trinajstić information content (AvgIpc) is 3.05. The van der Waals surface area contributed by atoms with Gasteiger partial charge in [0.1, 0.15) is 11.6 Å². The second kappa shape index (κ2) is 7.44. The maximum atomic E-state index is 14.8. The number of hydrogen-bond donors (Lipinski definition) is 0. The summed E-state index contributed by atoms with van der Waals surface area (Å²) < 4.78 is 40.6. The van der Waals surface area contributed by atoms with Gasteiger partial charge in [0.2, 0.25) is 0 Å². The minimum Gasteiger partial charge on any atom is -0.440 e. The molecule has 1 amide bonds. The fraction of sp³-hybridized carbons (Fsp3) is 0.261. The second-order valence-electron chi connectivity index (χ2n) is 7.49. The molecule has 5 rings (SSSR count). The summed E-state index contributed by atoms with van der Waals surface area (Å²) in [4.78, 5) is 14.1. The third-order valence-electron chi connectivity index (χ3n) is 5.50. The van der Waals surface area contributed by atoms with Crippen LogP contribution in [0.4, 0.5) is 8.78 Å². The van der Waals surface area contributed by atoms with Crippen LogP contribution in [0.15, 0.2) is 58.5 Å². The summed E-state index contributed by atoms with van der Waals surface area (Å²) in [6.07, 6.45) is 1.16. The molecule has 2 atom stereocenters. The molecular weight excluding hydrogens is 447 g/mol. The summed E-state index contributed by atoms with van der Waals surface area (Å²) in [7, 11) is 0. The first-order valence-corrected chi connectivity index (χ1v) is 10.5. The van der Waals surface area contributed by atoms with E-state index in [-0.39, 0.29) is 23.5 Å². The summed E-state index contributed by atoms with van der Waals surface area (Å²) >= 11 is 12.6. The van der Waals surface area contributed by atoms with Crippen LogP contribution in [0.25, 0.3) is 0 Å². The molecular formula is C23H15Cl2F2NO3. The average molecular weight is 462 g/mol. The molecule has 158 valence electrons. The zero-order valence-electron chi connectivity index (χ0n) is 16.1. The van der Waals surface area contributed by atoms with E-state index in [0.29, 0.717) is 29.3 Å². The van der Waals surface area contributed by atoms with E-state index < -0.39 is 28.7 Å². The number of allylic oxidation sites excluding steroid dienone is 1. The van der Waals surface area contributed by atoms with E-state index in [4.69, 9.17) is 32.7 Å². The minimum atomic E-state index is -1.63. The summed E-state index contributed by atoms with van der Waals surface area (Å²) in [6.45, 7) is 1.18. The van der Waals surface area contributed by atoms with Crippen molar-refractivity contribution in [1.82, 2.24) is 4.90 Å². The molecule has 2 aliphatic heterocycles. The van der Waals surface area contributed by atoms with Crippen molar-refractivity contribution in [3.63, 3.8) is 0 Å². The van der Waals surface area contributed by atoms with Gasteiger partial charge in [-0.2, -0.15) is 0 Å². The Morgan fingerprint density at radius 2 is 1.77 bits per heavy atom. The van der Waals surface area contributed by atoms with Crippen LogP contribution in [0.1, 0.15) is 28.8 Å². The van der Waals surface area contributed by atoms with Gasteiger partial charge in [-0.25, -0.2) is 8.78 Å². The summed E-state index contributed by atoms with van der Waals surface area (Å²) in [5.74, 6) is -2.92. The van der Waals surface area contributed by atoms with E-state index in [9.17, 15) is 13.6 Å². The number of carbonyl (C=O) groups is 1. The molecule has 2 aromatic rings. The molecule has 2 aromatic carbocycles. The summed E-state index contributed by atoms with van der Waals surface area (Å²) in [5, 5.41) is -0.262. The van der Waals surface area contributed by atoms with Crippen LogP contribution in [-0.2, 0) is 5.79 Å². The lowest BCUT2D eigenvalue weighted by molar-refractivity contribution is -0.0521. The van der Waals surface area contributed by atoms with E-state index in [1.807, 2.05) is 0 Å². The molecule has 0 N–H and O–H groups in total. The fourth-order valence-corrected chi connectivity index (χ4v) is 4.38. The standard InChI is InChI=1S/C23H15Cl2F2NO3/c24-14-4-7-17(18(25)10-14)23(13-2-5-15(26)6-3-13)30-20-11-16(19(27)12-21(20)31-23)22(29)28-8-1-9-28/h2-3,5-6,11-12,18H,1,8-10H2. The third-order valence-corrected chi connectivity index (χ3v) is 6.12. The topological polar surface area (TPSA) is 38.8 Å². The Kier molecular flexibility index (Phi) is 4.84. The van der Waals surface area contributed by atoms with Crippen molar-refractivity contribution in [3.05, 3.63) is 81.2 Å². The molecule has 31 heavy (non-hydrogen) atoms. The van der Waals surface area contributed by atoms with Gasteiger partial charge in [-0.3, -0.25) is 4.79 Å². The first-order chi connectivity index (χ1) is 14.9. The highest BCUT2D eigenvalue weighted by Gasteiger charge is 2.50. The van der Waals surface area contributed by atoms with Gasteiger partial charge in [0.05, 0.1) is 21.5 Å². The number of carbonyl (C=O) groups excluding carboxylic acids is 1. The number of halogens is 4. The van der Waals surface area contributed by atoms with Crippen LogP contribution in [-0.4, -0.2) is 29.3 Å². The Balaban J connectivity index is 1.63. The molecule has 0 saturated carbocycles. The summed E-state index contributed by atoms with van der Waals surface area (Å²) in [6, 6.07) is 7.93. The van der Waals surface area contributed by atoms with Gasteiger partial charge in [0, 0.05) is 31.1 Å². The van der Waals surface area contributed by atoms with E-state index in [2.05, 4.69) is 11.5 Å². The quantitative estimate of drug-likeness (QED) is 0.462. The van der Waals surface area contributed by atoms with Gasteiger partial charge in [0.25, 0.3) is 5.91 Å². The van der Waals surface area contributed by atoms with Crippen LogP contribution in [0, 0.1) is 11.6 Å². The van der Waals surface area contributed by atoms with Gasteiger partial charge in [0.15, 0.2) is 11.5 Å². The molecule has 1 saturated heterocycles. The number of hydrogen-bond acceptors (Lipinski definition) is 3. The molecule has 0 radical (unpaired) electrons. The highest BCUT2D eigenvalue weighted by Crippen LogP contribution is 2.50. The molecule has 1 aliphatic carbocycles. The van der Waals surface area contributed by atoms with Crippen molar-refractivity contribution in [1.29, 1.82) is 0 Å². The predicted octanol–water partition coefficient (Wildman–Crippen LogP) is 5.25. The summed E-state index contributed by atoms with van der Waals surface area (Å²) in [5.41, 5.74) is 6.36. The Bertz CT molecular complexity index is 1200. The Labute approximate surface area is 187 Å². The molecule has 2 unspecified atom stereocenters. The smallest absolute Gasteiger partial charge is 0.311 e. The van der Waals surface area contributed by atoms with Crippen molar-refractivity contribution < 1.29 is 23.0 Å². The number of amides is 1. The SMILES string of the molecule is O=C(c1cc2c(cc1F)OC(C1=C=C=C(Cl)CC1Cl)(c1ccc(F)cc1)O2)N1CCC1. The zero-order valence-corrected chi connectivity index (χ0v) is 17.6. The first kappa shape index (κ1) is 20.2. The number of fused-ring (bicyclic) bond motifs is 1. The zero-order chi connectivity index (χ0) is 21.8.